The third-order valence-electron chi connectivity index (χ3n) is 2.88. The van der Waals surface area contributed by atoms with Crippen LogP contribution >= 0.6 is 15.9 Å². The summed E-state index contributed by atoms with van der Waals surface area (Å²) in [6.07, 6.45) is 0.653. The fourth-order valence-corrected chi connectivity index (χ4v) is 2.07. The van der Waals surface area contributed by atoms with Gasteiger partial charge >= 0.3 is 0 Å². The molecule has 0 N–H and O–H groups in total. The maximum atomic E-state index is 13.3. The maximum absolute atomic E-state index is 13.3. The Morgan fingerprint density at radius 1 is 1.05 bits per heavy atom. The topological polar surface area (TPSA) is 26.3 Å². The smallest absolute Gasteiger partial charge is 0.190 e. The molecule has 0 bridgehead atoms. The summed E-state index contributed by atoms with van der Waals surface area (Å²) in [4.78, 5) is 11.9. The molecule has 0 amide bonds. The summed E-state index contributed by atoms with van der Waals surface area (Å²) in [6, 6.07) is 10.6. The van der Waals surface area contributed by atoms with Crippen LogP contribution in [0.4, 0.5) is 8.78 Å². The second-order valence-electron chi connectivity index (χ2n) is 4.43. The van der Waals surface area contributed by atoms with Gasteiger partial charge in [0.05, 0.1) is 6.61 Å². The minimum absolute atomic E-state index is 0.0277. The van der Waals surface area contributed by atoms with Crippen LogP contribution in [0, 0.1) is 11.6 Å². The highest BCUT2D eigenvalue weighted by Gasteiger charge is 2.10. The van der Waals surface area contributed by atoms with E-state index >= 15 is 0 Å². The van der Waals surface area contributed by atoms with E-state index in [0.717, 1.165) is 16.6 Å². The van der Waals surface area contributed by atoms with Gasteiger partial charge in [0.25, 0.3) is 0 Å². The van der Waals surface area contributed by atoms with Crippen molar-refractivity contribution in [3.05, 3.63) is 64.1 Å². The first-order chi connectivity index (χ1) is 10.1. The maximum Gasteiger partial charge on any atom is 0.190 e. The molecule has 21 heavy (non-hydrogen) atoms. The molecule has 0 radical (unpaired) electrons. The zero-order valence-electron chi connectivity index (χ0n) is 11.1. The minimum Gasteiger partial charge on any atom is -0.488 e. The molecule has 0 aliphatic rings. The number of hydrogen-bond acceptors (Lipinski definition) is 2. The lowest BCUT2D eigenvalue weighted by molar-refractivity contribution is 0.0973. The van der Waals surface area contributed by atoms with Crippen molar-refractivity contribution in [1.29, 1.82) is 0 Å². The molecule has 110 valence electrons. The molecule has 0 aromatic heterocycles. The van der Waals surface area contributed by atoms with Gasteiger partial charge in [-0.3, -0.25) is 4.79 Å². The number of halogens is 3. The van der Waals surface area contributed by atoms with E-state index in [1.165, 1.54) is 6.07 Å². The molecule has 0 aliphatic heterocycles. The Kier molecular flexibility index (Phi) is 5.44. The third kappa shape index (κ3) is 4.36. The first kappa shape index (κ1) is 15.6. The van der Waals surface area contributed by atoms with Crippen molar-refractivity contribution in [3.63, 3.8) is 0 Å². The lowest BCUT2D eigenvalue weighted by Crippen LogP contribution is -2.05. The summed E-state index contributed by atoms with van der Waals surface area (Å²) in [6.45, 7) is 0.0835. The van der Waals surface area contributed by atoms with Gasteiger partial charge in [-0.2, -0.15) is 0 Å². The number of ketones is 1. The molecule has 0 aliphatic carbocycles. The second kappa shape index (κ2) is 7.31. The van der Waals surface area contributed by atoms with E-state index in [2.05, 4.69) is 15.9 Å². The zero-order valence-corrected chi connectivity index (χ0v) is 12.7. The average molecular weight is 355 g/mol. The van der Waals surface area contributed by atoms with E-state index in [9.17, 15) is 13.6 Å². The van der Waals surface area contributed by atoms with E-state index in [1.54, 1.807) is 24.3 Å². The molecular formula is C16H13BrF2O2. The van der Waals surface area contributed by atoms with Gasteiger partial charge in [0.1, 0.15) is 0 Å². The monoisotopic (exact) mass is 354 g/mol. The van der Waals surface area contributed by atoms with Crippen LogP contribution in [0.15, 0.2) is 46.9 Å². The van der Waals surface area contributed by atoms with E-state index in [1.807, 2.05) is 0 Å². The molecule has 0 unspecified atom stereocenters. The van der Waals surface area contributed by atoms with Crippen LogP contribution in [0.3, 0.4) is 0 Å². The second-order valence-corrected chi connectivity index (χ2v) is 5.35. The van der Waals surface area contributed by atoms with E-state index < -0.39 is 17.4 Å². The summed E-state index contributed by atoms with van der Waals surface area (Å²) in [5, 5.41) is 0. The first-order valence-corrected chi connectivity index (χ1v) is 7.23. The standard InChI is InChI=1S/C16H13BrF2O2/c17-12-8-6-11(7-9-12)15(20)5-2-10-21-16-13(18)3-1-4-14(16)19/h1,3-4,6-9H,2,5,10H2. The predicted octanol–water partition coefficient (Wildman–Crippen LogP) is 4.77. The van der Waals surface area contributed by atoms with E-state index in [0.29, 0.717) is 12.0 Å². The fraction of sp³-hybridized carbons (Fsp3) is 0.188. The Balaban J connectivity index is 1.82. The summed E-state index contributed by atoms with van der Waals surface area (Å²) in [7, 11) is 0. The average Bonchev–Trinajstić information content (AvgIpc) is 2.46. The number of para-hydroxylation sites is 1. The zero-order chi connectivity index (χ0) is 15.2. The Morgan fingerprint density at radius 2 is 1.67 bits per heavy atom. The van der Waals surface area contributed by atoms with Crippen molar-refractivity contribution >= 4 is 21.7 Å². The summed E-state index contributed by atoms with van der Waals surface area (Å²) in [5.41, 5.74) is 0.607. The third-order valence-corrected chi connectivity index (χ3v) is 3.41. The Morgan fingerprint density at radius 3 is 2.29 bits per heavy atom. The highest BCUT2D eigenvalue weighted by molar-refractivity contribution is 9.10. The van der Waals surface area contributed by atoms with Gasteiger partial charge in [0.15, 0.2) is 23.2 Å². The van der Waals surface area contributed by atoms with Crippen molar-refractivity contribution in [3.8, 4) is 5.75 Å². The largest absolute Gasteiger partial charge is 0.488 e. The van der Waals surface area contributed by atoms with Crippen molar-refractivity contribution in [2.75, 3.05) is 6.61 Å². The first-order valence-electron chi connectivity index (χ1n) is 6.43. The number of rotatable bonds is 6. The van der Waals surface area contributed by atoms with Gasteiger partial charge in [-0.1, -0.05) is 34.1 Å². The van der Waals surface area contributed by atoms with Crippen molar-refractivity contribution < 1.29 is 18.3 Å². The van der Waals surface area contributed by atoms with Gasteiger partial charge in [0.2, 0.25) is 0 Å². The van der Waals surface area contributed by atoms with Crippen LogP contribution < -0.4 is 4.74 Å². The van der Waals surface area contributed by atoms with Gasteiger partial charge in [-0.15, -0.1) is 0 Å². The molecule has 0 atom stereocenters. The molecule has 0 saturated carbocycles. The van der Waals surface area contributed by atoms with E-state index in [-0.39, 0.29) is 18.8 Å². The number of ether oxygens (including phenoxy) is 1. The van der Waals surface area contributed by atoms with Crippen LogP contribution in [0.5, 0.6) is 5.75 Å². The Hall–Kier alpha value is -1.75. The highest BCUT2D eigenvalue weighted by Crippen LogP contribution is 2.21. The van der Waals surface area contributed by atoms with Crippen LogP contribution in [0.25, 0.3) is 0 Å². The molecule has 5 heteroatoms. The van der Waals surface area contributed by atoms with Gasteiger partial charge in [-0.25, -0.2) is 8.78 Å². The Labute approximate surface area is 129 Å². The number of benzene rings is 2. The number of carbonyl (C=O) groups is 1. The number of hydrogen-bond donors (Lipinski definition) is 0. The predicted molar refractivity (Wildman–Crippen MR) is 79.6 cm³/mol. The summed E-state index contributed by atoms with van der Waals surface area (Å²) in [5.74, 6) is -1.91. The quantitative estimate of drug-likeness (QED) is 0.551. The van der Waals surface area contributed by atoms with Crippen molar-refractivity contribution in [2.24, 2.45) is 0 Å². The van der Waals surface area contributed by atoms with Crippen LogP contribution in [0.1, 0.15) is 23.2 Å². The molecule has 0 saturated heterocycles. The van der Waals surface area contributed by atoms with Gasteiger partial charge < -0.3 is 4.74 Å². The van der Waals surface area contributed by atoms with Gasteiger partial charge in [0, 0.05) is 16.5 Å². The molecule has 2 nitrogen and oxygen atoms in total. The summed E-state index contributed by atoms with van der Waals surface area (Å²) < 4.78 is 32.6. The normalized spacial score (nSPS) is 10.4. The molecule has 0 fully saturated rings. The lowest BCUT2D eigenvalue weighted by atomic mass is 10.1. The van der Waals surface area contributed by atoms with Crippen LogP contribution in [-0.2, 0) is 0 Å². The molecular weight excluding hydrogens is 342 g/mol. The lowest BCUT2D eigenvalue weighted by Gasteiger charge is -2.07. The highest BCUT2D eigenvalue weighted by atomic mass is 79.9. The molecule has 2 aromatic carbocycles. The Bertz CT molecular complexity index is 606. The number of Topliss-reactive ketones (excluding diaryl/α,β-unsaturated/α-hetero) is 1. The molecule has 2 aromatic rings. The van der Waals surface area contributed by atoms with Gasteiger partial charge in [-0.05, 0) is 30.7 Å². The van der Waals surface area contributed by atoms with Crippen LogP contribution in [0.2, 0.25) is 0 Å². The molecule has 0 spiro atoms. The van der Waals surface area contributed by atoms with Crippen LogP contribution in [-0.4, -0.2) is 12.4 Å². The van der Waals surface area contributed by atoms with Crippen molar-refractivity contribution in [1.82, 2.24) is 0 Å². The SMILES string of the molecule is O=C(CCCOc1c(F)cccc1F)c1ccc(Br)cc1. The fourth-order valence-electron chi connectivity index (χ4n) is 1.81. The van der Waals surface area contributed by atoms with Crippen molar-refractivity contribution in [2.45, 2.75) is 12.8 Å². The molecule has 0 heterocycles. The number of carbonyl (C=O) groups excluding carboxylic acids is 1. The summed E-state index contributed by atoms with van der Waals surface area (Å²) >= 11 is 3.30. The molecule has 2 rings (SSSR count). The van der Waals surface area contributed by atoms with E-state index in [4.69, 9.17) is 4.74 Å². The minimum atomic E-state index is -0.741.